The number of rotatable bonds is 6. The maximum atomic E-state index is 13.2. The number of aromatic nitrogens is 5. The summed E-state index contributed by atoms with van der Waals surface area (Å²) in [4.78, 5) is 31.5. The van der Waals surface area contributed by atoms with Gasteiger partial charge in [0, 0.05) is 42.3 Å². The van der Waals surface area contributed by atoms with Crippen LogP contribution in [0.4, 0.5) is 5.69 Å². The van der Waals surface area contributed by atoms with Crippen LogP contribution in [0.2, 0.25) is 5.02 Å². The van der Waals surface area contributed by atoms with E-state index < -0.39 is 18.1 Å². The minimum absolute atomic E-state index is 0.0293. The van der Waals surface area contributed by atoms with E-state index in [4.69, 9.17) is 16.3 Å². The fraction of sp³-hybridized carbons (Fsp3) is 0.261. The fourth-order valence-electron chi connectivity index (χ4n) is 4.05. The van der Waals surface area contributed by atoms with Crippen molar-refractivity contribution in [2.45, 2.75) is 18.8 Å². The molecule has 0 aliphatic carbocycles. The number of β-amino-alcohol motifs (C(OH)–C–C–N with tert-alkyl or cyclic N) is 2. The monoisotopic (exact) mass is 511 g/mol. The third-order valence-electron chi connectivity index (χ3n) is 5.86. The molecule has 0 radical (unpaired) electrons. The van der Waals surface area contributed by atoms with Crippen molar-refractivity contribution in [2.75, 3.05) is 25.5 Å². The Labute approximate surface area is 209 Å². The Morgan fingerprint density at radius 2 is 2.03 bits per heavy atom. The van der Waals surface area contributed by atoms with Gasteiger partial charge in [-0.2, -0.15) is 10.2 Å². The third kappa shape index (κ3) is 4.49. The second-order valence-electron chi connectivity index (χ2n) is 8.27. The SMILES string of the molecule is COc1ccc(Cl)cc1-c1nn(CC(=O)N2C[C@@H](O)[C@H](O)C2)cc1NC(=O)c1cnn2cccnc12. The number of ether oxygens (including phenoxy) is 1. The first-order chi connectivity index (χ1) is 17.3. The number of hydrogen-bond donors (Lipinski definition) is 3. The average molecular weight is 512 g/mol. The van der Waals surface area contributed by atoms with Crippen molar-refractivity contribution in [3.63, 3.8) is 0 Å². The molecule has 36 heavy (non-hydrogen) atoms. The number of fused-ring (bicyclic) bond motifs is 1. The van der Waals surface area contributed by atoms with E-state index in [1.165, 1.54) is 33.6 Å². The van der Waals surface area contributed by atoms with Gasteiger partial charge in [0.05, 0.1) is 31.2 Å². The number of aliphatic hydroxyl groups is 2. The van der Waals surface area contributed by atoms with E-state index in [1.807, 2.05) is 0 Å². The molecule has 0 spiro atoms. The summed E-state index contributed by atoms with van der Waals surface area (Å²) in [5.74, 6) is -0.347. The van der Waals surface area contributed by atoms with Crippen molar-refractivity contribution in [3.05, 3.63) is 59.6 Å². The maximum Gasteiger partial charge on any atom is 0.261 e. The topological polar surface area (TPSA) is 147 Å². The number of likely N-dealkylation sites (tertiary alicyclic amines) is 1. The minimum atomic E-state index is -0.993. The van der Waals surface area contributed by atoms with Gasteiger partial charge in [0.1, 0.15) is 23.6 Å². The molecule has 186 valence electrons. The molecule has 1 fully saturated rings. The van der Waals surface area contributed by atoms with Crippen LogP contribution in [0.3, 0.4) is 0 Å². The Morgan fingerprint density at radius 3 is 2.78 bits per heavy atom. The zero-order chi connectivity index (χ0) is 25.4. The predicted molar refractivity (Wildman–Crippen MR) is 129 cm³/mol. The van der Waals surface area contributed by atoms with Crippen molar-refractivity contribution in [1.82, 2.24) is 29.3 Å². The summed E-state index contributed by atoms with van der Waals surface area (Å²) in [6.45, 7) is -0.118. The molecule has 1 aliphatic rings. The summed E-state index contributed by atoms with van der Waals surface area (Å²) >= 11 is 6.23. The van der Waals surface area contributed by atoms with Gasteiger partial charge in [-0.15, -0.1) is 0 Å². The number of halogens is 1. The van der Waals surface area contributed by atoms with Gasteiger partial charge in [0.2, 0.25) is 5.91 Å². The van der Waals surface area contributed by atoms with E-state index in [1.54, 1.807) is 36.7 Å². The van der Waals surface area contributed by atoms with Gasteiger partial charge >= 0.3 is 0 Å². The molecule has 3 N–H and O–H groups in total. The summed E-state index contributed by atoms with van der Waals surface area (Å²) in [5, 5.41) is 31.5. The lowest BCUT2D eigenvalue weighted by molar-refractivity contribution is -0.131. The van der Waals surface area contributed by atoms with Gasteiger partial charge in [0.25, 0.3) is 5.91 Å². The predicted octanol–water partition coefficient (Wildman–Crippen LogP) is 1.07. The van der Waals surface area contributed by atoms with Crippen molar-refractivity contribution in [1.29, 1.82) is 0 Å². The average Bonchev–Trinajstić information content (AvgIpc) is 3.56. The van der Waals surface area contributed by atoms with E-state index >= 15 is 0 Å². The molecule has 0 saturated carbocycles. The highest BCUT2D eigenvalue weighted by molar-refractivity contribution is 6.31. The summed E-state index contributed by atoms with van der Waals surface area (Å²) in [5.41, 5.74) is 1.79. The Balaban J connectivity index is 1.49. The Bertz CT molecular complexity index is 1440. The highest BCUT2D eigenvalue weighted by Crippen LogP contribution is 2.36. The van der Waals surface area contributed by atoms with Crippen LogP contribution in [-0.2, 0) is 11.3 Å². The molecule has 1 saturated heterocycles. The van der Waals surface area contributed by atoms with Crippen LogP contribution in [0.5, 0.6) is 5.75 Å². The normalized spacial score (nSPS) is 17.5. The summed E-state index contributed by atoms with van der Waals surface area (Å²) < 4.78 is 8.32. The molecule has 4 aromatic rings. The van der Waals surface area contributed by atoms with E-state index in [0.717, 1.165) is 0 Å². The second-order valence-corrected chi connectivity index (χ2v) is 8.70. The number of hydrogen-bond acceptors (Lipinski definition) is 8. The Kier molecular flexibility index (Phi) is 6.31. The zero-order valence-electron chi connectivity index (χ0n) is 19.1. The van der Waals surface area contributed by atoms with Crippen molar-refractivity contribution >= 4 is 34.7 Å². The molecule has 1 aliphatic heterocycles. The molecular formula is C23H22ClN7O5. The van der Waals surface area contributed by atoms with Gasteiger partial charge in [-0.05, 0) is 24.3 Å². The van der Waals surface area contributed by atoms with Gasteiger partial charge in [0.15, 0.2) is 5.65 Å². The number of aliphatic hydroxyl groups excluding tert-OH is 2. The number of methoxy groups -OCH3 is 1. The quantitative estimate of drug-likeness (QED) is 0.348. The van der Waals surface area contributed by atoms with Crippen LogP contribution in [0.25, 0.3) is 16.9 Å². The first kappa shape index (κ1) is 23.7. The molecule has 5 rings (SSSR count). The van der Waals surface area contributed by atoms with Crippen molar-refractivity contribution in [2.24, 2.45) is 0 Å². The lowest BCUT2D eigenvalue weighted by Gasteiger charge is -2.15. The molecule has 4 heterocycles. The van der Waals surface area contributed by atoms with Crippen LogP contribution in [-0.4, -0.2) is 83.7 Å². The van der Waals surface area contributed by atoms with E-state index in [-0.39, 0.29) is 31.1 Å². The Hall–Kier alpha value is -4.00. The third-order valence-corrected chi connectivity index (χ3v) is 6.09. The van der Waals surface area contributed by atoms with Crippen LogP contribution in [0.1, 0.15) is 10.4 Å². The van der Waals surface area contributed by atoms with Crippen LogP contribution < -0.4 is 10.1 Å². The largest absolute Gasteiger partial charge is 0.496 e. The molecule has 2 atom stereocenters. The first-order valence-electron chi connectivity index (χ1n) is 11.0. The summed E-state index contributed by atoms with van der Waals surface area (Å²) in [7, 11) is 1.50. The maximum absolute atomic E-state index is 13.2. The number of nitrogens with zero attached hydrogens (tertiary/aromatic N) is 6. The number of amides is 2. The molecule has 13 heteroatoms. The van der Waals surface area contributed by atoms with Crippen molar-refractivity contribution < 1.29 is 24.5 Å². The summed E-state index contributed by atoms with van der Waals surface area (Å²) in [6, 6.07) is 6.69. The molecule has 12 nitrogen and oxygen atoms in total. The van der Waals surface area contributed by atoms with Gasteiger partial charge in [-0.3, -0.25) is 14.3 Å². The standard InChI is InChI=1S/C23H22ClN7O5/c1-36-19-4-3-13(24)7-14(19)21-16(27-23(35)15-8-26-31-6-2-5-25-22(15)31)9-30(28-21)12-20(34)29-10-17(32)18(33)11-29/h2-9,17-18,32-33H,10-12H2,1H3,(H,27,35)/t17-,18-/m1/s1. The van der Waals surface area contributed by atoms with Crippen LogP contribution >= 0.6 is 11.6 Å². The zero-order valence-corrected chi connectivity index (χ0v) is 19.8. The molecule has 0 unspecified atom stereocenters. The molecule has 1 aromatic carbocycles. The molecule has 3 aromatic heterocycles. The molecule has 2 amide bonds. The Morgan fingerprint density at radius 1 is 1.25 bits per heavy atom. The lowest BCUT2D eigenvalue weighted by atomic mass is 10.1. The molecule has 0 bridgehead atoms. The number of anilines is 1. The highest BCUT2D eigenvalue weighted by Gasteiger charge is 2.32. The number of carbonyl (C=O) groups is 2. The lowest BCUT2D eigenvalue weighted by Crippen LogP contribution is -2.33. The fourth-order valence-corrected chi connectivity index (χ4v) is 4.22. The minimum Gasteiger partial charge on any atom is -0.496 e. The first-order valence-corrected chi connectivity index (χ1v) is 11.4. The highest BCUT2D eigenvalue weighted by atomic mass is 35.5. The van der Waals surface area contributed by atoms with Crippen LogP contribution in [0.15, 0.2) is 49.1 Å². The van der Waals surface area contributed by atoms with E-state index in [9.17, 15) is 19.8 Å². The van der Waals surface area contributed by atoms with Crippen molar-refractivity contribution in [3.8, 4) is 17.0 Å². The smallest absolute Gasteiger partial charge is 0.261 e. The van der Waals surface area contributed by atoms with Gasteiger partial charge < -0.3 is 25.2 Å². The number of nitrogens with one attached hydrogen (secondary N) is 1. The van der Waals surface area contributed by atoms with Gasteiger partial charge in [-0.1, -0.05) is 11.6 Å². The second kappa shape index (κ2) is 9.57. The van der Waals surface area contributed by atoms with E-state index in [0.29, 0.717) is 33.4 Å². The van der Waals surface area contributed by atoms with Gasteiger partial charge in [-0.25, -0.2) is 9.50 Å². The number of carbonyl (C=O) groups excluding carboxylic acids is 2. The van der Waals surface area contributed by atoms with Crippen LogP contribution in [0, 0.1) is 0 Å². The summed E-state index contributed by atoms with van der Waals surface area (Å²) in [6.07, 6.45) is 4.19. The molecular weight excluding hydrogens is 490 g/mol. The van der Waals surface area contributed by atoms with E-state index in [2.05, 4.69) is 20.5 Å². The number of benzene rings is 1.